The summed E-state index contributed by atoms with van der Waals surface area (Å²) in [5.74, 6) is 1.41. The van der Waals surface area contributed by atoms with Gasteiger partial charge in [0, 0.05) is 32.7 Å². The van der Waals surface area contributed by atoms with E-state index in [0.29, 0.717) is 62.4 Å². The fraction of sp³-hybridized carbons (Fsp3) is 0.348. The number of nitrogens with zero attached hydrogens (tertiary/aromatic N) is 8. The molecule has 2 aliphatic rings. The number of amides is 1. The average molecular weight is 478 g/mol. The number of aromatic nitrogens is 5. The second-order valence-corrected chi connectivity index (χ2v) is 8.62. The Morgan fingerprint density at radius 3 is 2.63 bits per heavy atom. The third kappa shape index (κ3) is 3.80. The van der Waals surface area contributed by atoms with Crippen LogP contribution >= 0.6 is 0 Å². The molecule has 11 nitrogen and oxygen atoms in total. The molecule has 2 saturated heterocycles. The minimum atomic E-state index is -0.385. The quantitative estimate of drug-likeness (QED) is 0.469. The lowest BCUT2D eigenvalue weighted by atomic mass is 10.1. The number of benzene rings is 1. The highest BCUT2D eigenvalue weighted by atomic mass is 19.1. The van der Waals surface area contributed by atoms with Crippen molar-refractivity contribution in [2.24, 2.45) is 0 Å². The summed E-state index contributed by atoms with van der Waals surface area (Å²) < 4.78 is 20.9. The van der Waals surface area contributed by atoms with Crippen molar-refractivity contribution in [2.75, 3.05) is 48.3 Å². The van der Waals surface area contributed by atoms with Gasteiger partial charge in [0.1, 0.15) is 11.9 Å². The topological polar surface area (TPSA) is 122 Å². The number of fused-ring (bicyclic) bond motifs is 1. The van der Waals surface area contributed by atoms with E-state index < -0.39 is 0 Å². The van der Waals surface area contributed by atoms with Crippen LogP contribution in [0.2, 0.25) is 0 Å². The Balaban J connectivity index is 1.20. The van der Waals surface area contributed by atoms with E-state index in [2.05, 4.69) is 20.1 Å². The zero-order valence-corrected chi connectivity index (χ0v) is 18.9. The van der Waals surface area contributed by atoms with Gasteiger partial charge in [-0.1, -0.05) is 12.1 Å². The molecule has 180 valence electrons. The molecule has 1 amide bonds. The summed E-state index contributed by atoms with van der Waals surface area (Å²) in [4.78, 5) is 32.6. The van der Waals surface area contributed by atoms with Gasteiger partial charge in [-0.2, -0.15) is 19.5 Å². The fourth-order valence-corrected chi connectivity index (χ4v) is 4.78. The molecule has 0 unspecified atom stereocenters. The number of anilines is 3. The summed E-state index contributed by atoms with van der Waals surface area (Å²) in [6, 6.07) is 9.84. The standard InChI is InChI=1S/C23H24FN9O2/c24-15-5-1-2-6-16(15)30-10-12-31(13-11-30)20(34)17-7-3-9-32(17)22-27-21(25)33-23(28-22)26-19(29-33)18-8-4-14-35-18/h1-2,4-6,8,14,17H,3,7,9-13H2,(H2,25,26,27,28,29)/t17-/m0/s1. The van der Waals surface area contributed by atoms with E-state index in [1.807, 2.05) is 20.8 Å². The molecule has 2 N–H and O–H groups in total. The number of piperazine rings is 1. The predicted molar refractivity (Wildman–Crippen MR) is 126 cm³/mol. The predicted octanol–water partition coefficient (Wildman–Crippen LogP) is 1.82. The maximum absolute atomic E-state index is 14.2. The molecule has 2 fully saturated rings. The fourth-order valence-electron chi connectivity index (χ4n) is 4.78. The number of carbonyl (C=O) groups is 1. The maximum atomic E-state index is 14.2. The molecule has 3 aromatic heterocycles. The SMILES string of the molecule is Nc1nc(N2CCC[C@H]2C(=O)N2CCN(c3ccccc3F)CC2)nc2nc(-c3ccco3)nn12. The highest BCUT2D eigenvalue weighted by molar-refractivity contribution is 5.85. The molecule has 1 atom stereocenters. The second kappa shape index (κ2) is 8.53. The van der Waals surface area contributed by atoms with Crippen LogP contribution in [0.25, 0.3) is 17.4 Å². The van der Waals surface area contributed by atoms with Crippen molar-refractivity contribution >= 4 is 29.3 Å². The van der Waals surface area contributed by atoms with Crippen LogP contribution in [0, 0.1) is 5.82 Å². The zero-order chi connectivity index (χ0) is 23.9. The van der Waals surface area contributed by atoms with Gasteiger partial charge in [0.05, 0.1) is 12.0 Å². The molecular weight excluding hydrogens is 453 g/mol. The molecule has 12 heteroatoms. The highest BCUT2D eigenvalue weighted by Crippen LogP contribution is 2.27. The molecule has 6 rings (SSSR count). The third-order valence-corrected chi connectivity index (χ3v) is 6.54. The number of halogens is 1. The lowest BCUT2D eigenvalue weighted by Crippen LogP contribution is -2.54. The van der Waals surface area contributed by atoms with Crippen molar-refractivity contribution in [3.63, 3.8) is 0 Å². The Labute approximate surface area is 200 Å². The highest BCUT2D eigenvalue weighted by Gasteiger charge is 2.37. The molecule has 0 aliphatic carbocycles. The second-order valence-electron chi connectivity index (χ2n) is 8.62. The van der Waals surface area contributed by atoms with Crippen LogP contribution in [0.3, 0.4) is 0 Å². The van der Waals surface area contributed by atoms with E-state index in [9.17, 15) is 9.18 Å². The smallest absolute Gasteiger partial charge is 0.259 e. The lowest BCUT2D eigenvalue weighted by molar-refractivity contribution is -0.132. The van der Waals surface area contributed by atoms with Crippen molar-refractivity contribution in [3.05, 3.63) is 48.5 Å². The minimum Gasteiger partial charge on any atom is -0.461 e. The van der Waals surface area contributed by atoms with E-state index >= 15 is 0 Å². The van der Waals surface area contributed by atoms with Crippen LogP contribution in [-0.4, -0.2) is 74.1 Å². The number of hydrogen-bond acceptors (Lipinski definition) is 9. The van der Waals surface area contributed by atoms with E-state index in [0.717, 1.165) is 6.42 Å². The molecular formula is C23H24FN9O2. The molecule has 0 spiro atoms. The zero-order valence-electron chi connectivity index (χ0n) is 18.9. The van der Waals surface area contributed by atoms with Crippen LogP contribution in [0.4, 0.5) is 22.0 Å². The normalized spacial score (nSPS) is 18.5. The van der Waals surface area contributed by atoms with Crippen LogP contribution in [0.15, 0.2) is 47.1 Å². The van der Waals surface area contributed by atoms with Gasteiger partial charge < -0.3 is 24.9 Å². The Bertz CT molecular complexity index is 1360. The molecule has 0 saturated carbocycles. The van der Waals surface area contributed by atoms with Crippen LogP contribution in [0.1, 0.15) is 12.8 Å². The summed E-state index contributed by atoms with van der Waals surface area (Å²) in [6.07, 6.45) is 3.08. The van der Waals surface area contributed by atoms with Gasteiger partial charge in [0.2, 0.25) is 23.6 Å². The first-order chi connectivity index (χ1) is 17.1. The Morgan fingerprint density at radius 1 is 1.03 bits per heavy atom. The minimum absolute atomic E-state index is 0.0236. The Morgan fingerprint density at radius 2 is 1.86 bits per heavy atom. The molecule has 5 heterocycles. The molecule has 4 aromatic rings. The number of rotatable bonds is 4. The van der Waals surface area contributed by atoms with Gasteiger partial charge in [-0.15, -0.1) is 5.10 Å². The van der Waals surface area contributed by atoms with Crippen molar-refractivity contribution in [3.8, 4) is 11.6 Å². The van der Waals surface area contributed by atoms with Crippen LogP contribution < -0.4 is 15.5 Å². The number of hydrogen-bond donors (Lipinski definition) is 1. The largest absolute Gasteiger partial charge is 0.461 e. The Hall–Kier alpha value is -4.22. The molecule has 0 bridgehead atoms. The number of furan rings is 1. The van der Waals surface area contributed by atoms with Crippen molar-refractivity contribution in [2.45, 2.75) is 18.9 Å². The third-order valence-electron chi connectivity index (χ3n) is 6.54. The summed E-state index contributed by atoms with van der Waals surface area (Å²) in [6.45, 7) is 2.83. The van der Waals surface area contributed by atoms with E-state index in [1.165, 1.54) is 16.8 Å². The van der Waals surface area contributed by atoms with Crippen molar-refractivity contribution in [1.82, 2.24) is 29.5 Å². The maximum Gasteiger partial charge on any atom is 0.259 e. The summed E-state index contributed by atoms with van der Waals surface area (Å²) in [7, 11) is 0. The van der Waals surface area contributed by atoms with E-state index in [4.69, 9.17) is 10.2 Å². The number of nitrogens with two attached hydrogens (primary N) is 1. The van der Waals surface area contributed by atoms with Gasteiger partial charge in [0.15, 0.2) is 5.76 Å². The van der Waals surface area contributed by atoms with Gasteiger partial charge in [-0.3, -0.25) is 4.79 Å². The summed E-state index contributed by atoms with van der Waals surface area (Å²) in [5, 5.41) is 4.33. The summed E-state index contributed by atoms with van der Waals surface area (Å²) >= 11 is 0. The monoisotopic (exact) mass is 477 g/mol. The number of para-hydroxylation sites is 1. The first-order valence-corrected chi connectivity index (χ1v) is 11.6. The van der Waals surface area contributed by atoms with E-state index in [-0.39, 0.29) is 29.5 Å². The number of carbonyl (C=O) groups excluding carboxylic acids is 1. The van der Waals surface area contributed by atoms with Gasteiger partial charge in [-0.05, 0) is 37.1 Å². The van der Waals surface area contributed by atoms with Crippen molar-refractivity contribution in [1.29, 1.82) is 0 Å². The molecule has 1 aromatic carbocycles. The van der Waals surface area contributed by atoms with Gasteiger partial charge >= 0.3 is 0 Å². The van der Waals surface area contributed by atoms with Gasteiger partial charge in [0.25, 0.3) is 5.78 Å². The average Bonchev–Trinajstić information content (AvgIpc) is 3.64. The first-order valence-electron chi connectivity index (χ1n) is 11.6. The van der Waals surface area contributed by atoms with Crippen LogP contribution in [-0.2, 0) is 4.79 Å². The first kappa shape index (κ1) is 21.3. The summed E-state index contributed by atoms with van der Waals surface area (Å²) in [5.41, 5.74) is 6.73. The van der Waals surface area contributed by atoms with Gasteiger partial charge in [-0.25, -0.2) is 4.39 Å². The Kier molecular flexibility index (Phi) is 5.20. The molecule has 2 aliphatic heterocycles. The molecule has 35 heavy (non-hydrogen) atoms. The lowest BCUT2D eigenvalue weighted by Gasteiger charge is -2.38. The molecule has 0 radical (unpaired) electrons. The number of nitrogen functional groups attached to an aromatic ring is 1. The van der Waals surface area contributed by atoms with Crippen LogP contribution in [0.5, 0.6) is 0 Å². The van der Waals surface area contributed by atoms with Crippen molar-refractivity contribution < 1.29 is 13.6 Å². The van der Waals surface area contributed by atoms with E-state index in [1.54, 1.807) is 24.3 Å².